The molecule has 0 amide bonds. The highest BCUT2D eigenvalue weighted by molar-refractivity contribution is 6.73. The number of rotatable bonds is 5. The fourth-order valence-electron chi connectivity index (χ4n) is 8.07. The highest BCUT2D eigenvalue weighted by Gasteiger charge is 2.56. The molecule has 154 valence electrons. The molecule has 0 heterocycles. The maximum absolute atomic E-state index is 6.94. The van der Waals surface area contributed by atoms with Gasteiger partial charge in [-0.3, -0.25) is 0 Å². The number of hydrogen-bond acceptors (Lipinski definition) is 1. The summed E-state index contributed by atoms with van der Waals surface area (Å²) in [6.07, 6.45) is 16.1. The van der Waals surface area contributed by atoms with Gasteiger partial charge in [0.25, 0.3) is 0 Å². The van der Waals surface area contributed by atoms with Gasteiger partial charge in [-0.15, -0.1) is 0 Å². The van der Waals surface area contributed by atoms with Crippen LogP contribution in [0.25, 0.3) is 0 Å². The molecule has 0 aromatic rings. The van der Waals surface area contributed by atoms with Crippen molar-refractivity contribution in [1.29, 1.82) is 0 Å². The average molecular weight is 389 g/mol. The van der Waals surface area contributed by atoms with E-state index < -0.39 is 8.32 Å². The molecular formula is C25H44OSi. The van der Waals surface area contributed by atoms with Crippen molar-refractivity contribution in [2.75, 3.05) is 0 Å². The Balaban J connectivity index is 1.52. The number of fused-ring (bicyclic) bond motifs is 5. The second-order valence-corrected chi connectivity index (χ2v) is 15.8. The molecule has 0 N–H and O–H groups in total. The van der Waals surface area contributed by atoms with Crippen molar-refractivity contribution in [2.45, 2.75) is 117 Å². The molecule has 2 heteroatoms. The Morgan fingerprint density at radius 1 is 0.963 bits per heavy atom. The predicted molar refractivity (Wildman–Crippen MR) is 118 cm³/mol. The summed E-state index contributed by atoms with van der Waals surface area (Å²) in [5.41, 5.74) is 2.96. The fraction of sp³-hybridized carbons (Fsp3) is 0.920. The predicted octanol–water partition coefficient (Wildman–Crippen LogP) is 7.73. The monoisotopic (exact) mass is 388 g/mol. The SMILES string of the molecule is CC[Si](CC)(CC)O[C@H]1CC[C@@]2(C)C(=CC[C@H]3[C@@H]4CCC[C@@]4(C)CC[C@@H]32)C1. The Hall–Kier alpha value is -0.0831. The molecule has 0 radical (unpaired) electrons. The van der Waals surface area contributed by atoms with Crippen LogP contribution in [0.15, 0.2) is 11.6 Å². The van der Waals surface area contributed by atoms with Crippen molar-refractivity contribution in [3.05, 3.63) is 11.6 Å². The lowest BCUT2D eigenvalue weighted by Crippen LogP contribution is -2.50. The van der Waals surface area contributed by atoms with Gasteiger partial charge >= 0.3 is 0 Å². The Kier molecular flexibility index (Phi) is 5.47. The van der Waals surface area contributed by atoms with Crippen LogP contribution in [0.5, 0.6) is 0 Å². The van der Waals surface area contributed by atoms with Gasteiger partial charge in [0.15, 0.2) is 8.32 Å². The summed E-state index contributed by atoms with van der Waals surface area (Å²) in [6.45, 7) is 12.4. The van der Waals surface area contributed by atoms with Crippen molar-refractivity contribution in [1.82, 2.24) is 0 Å². The van der Waals surface area contributed by atoms with Gasteiger partial charge in [0, 0.05) is 6.10 Å². The third kappa shape index (κ3) is 3.21. The Labute approximate surface area is 169 Å². The van der Waals surface area contributed by atoms with Crippen LogP contribution in [0.2, 0.25) is 18.1 Å². The third-order valence-corrected chi connectivity index (χ3v) is 14.9. The summed E-state index contributed by atoms with van der Waals surface area (Å²) in [6, 6.07) is 3.87. The van der Waals surface area contributed by atoms with Crippen LogP contribution in [0.3, 0.4) is 0 Å². The molecule has 4 aliphatic rings. The van der Waals surface area contributed by atoms with Crippen molar-refractivity contribution < 1.29 is 4.43 Å². The van der Waals surface area contributed by atoms with E-state index in [2.05, 4.69) is 40.7 Å². The zero-order valence-corrected chi connectivity index (χ0v) is 19.8. The van der Waals surface area contributed by atoms with E-state index in [0.29, 0.717) is 16.9 Å². The molecule has 27 heavy (non-hydrogen) atoms. The van der Waals surface area contributed by atoms with E-state index in [9.17, 15) is 0 Å². The molecule has 0 aromatic heterocycles. The van der Waals surface area contributed by atoms with E-state index in [-0.39, 0.29) is 0 Å². The van der Waals surface area contributed by atoms with E-state index in [0.717, 1.165) is 17.8 Å². The minimum Gasteiger partial charge on any atom is -0.414 e. The van der Waals surface area contributed by atoms with Gasteiger partial charge in [-0.2, -0.15) is 0 Å². The zero-order chi connectivity index (χ0) is 19.3. The summed E-state index contributed by atoms with van der Waals surface area (Å²) < 4.78 is 6.94. The van der Waals surface area contributed by atoms with Gasteiger partial charge in [-0.05, 0) is 98.1 Å². The highest BCUT2D eigenvalue weighted by Crippen LogP contribution is 2.64. The molecule has 6 atom stereocenters. The maximum atomic E-state index is 6.94. The zero-order valence-electron chi connectivity index (χ0n) is 18.8. The molecule has 3 saturated carbocycles. The van der Waals surface area contributed by atoms with E-state index in [1.54, 1.807) is 5.57 Å². The van der Waals surface area contributed by atoms with Gasteiger partial charge in [-0.25, -0.2) is 0 Å². The number of allylic oxidation sites excluding steroid dienone is 1. The average Bonchev–Trinajstić information content (AvgIpc) is 3.08. The standard InChI is InChI=1S/C25H44OSi/c1-6-27(7-2,8-3)26-20-13-17-25(5)19(18-20)11-12-21-22-10-9-15-24(22,4)16-14-23(21)25/h11,20-23H,6-10,12-18H2,1-5H3/t20-,21-,22-,23-,24-,25-/m0/s1. The first-order valence-corrected chi connectivity index (χ1v) is 14.8. The Morgan fingerprint density at radius 2 is 1.70 bits per heavy atom. The quantitative estimate of drug-likeness (QED) is 0.346. The Morgan fingerprint density at radius 3 is 2.41 bits per heavy atom. The molecule has 0 unspecified atom stereocenters. The topological polar surface area (TPSA) is 9.23 Å². The van der Waals surface area contributed by atoms with Gasteiger partial charge in [0.1, 0.15) is 0 Å². The van der Waals surface area contributed by atoms with Crippen LogP contribution in [0.1, 0.15) is 92.4 Å². The largest absolute Gasteiger partial charge is 0.414 e. The summed E-state index contributed by atoms with van der Waals surface area (Å²) >= 11 is 0. The van der Waals surface area contributed by atoms with Gasteiger partial charge in [-0.1, -0.05) is 52.7 Å². The molecule has 4 rings (SSSR count). The summed E-state index contributed by atoms with van der Waals surface area (Å²) in [5.74, 6) is 2.95. The van der Waals surface area contributed by atoms with Crippen molar-refractivity contribution in [3.8, 4) is 0 Å². The lowest BCUT2D eigenvalue weighted by atomic mass is 9.48. The van der Waals surface area contributed by atoms with Gasteiger partial charge < -0.3 is 4.43 Å². The smallest absolute Gasteiger partial charge is 0.192 e. The molecular weight excluding hydrogens is 344 g/mol. The molecule has 0 bridgehead atoms. The third-order valence-electron chi connectivity index (χ3n) is 10.2. The lowest BCUT2D eigenvalue weighted by Gasteiger charge is -2.57. The second kappa shape index (κ2) is 7.31. The minimum absolute atomic E-state index is 0.488. The van der Waals surface area contributed by atoms with Crippen LogP contribution in [-0.2, 0) is 4.43 Å². The van der Waals surface area contributed by atoms with E-state index in [4.69, 9.17) is 4.43 Å². The van der Waals surface area contributed by atoms with Crippen molar-refractivity contribution in [3.63, 3.8) is 0 Å². The first-order chi connectivity index (χ1) is 12.9. The molecule has 1 nitrogen and oxygen atoms in total. The van der Waals surface area contributed by atoms with E-state index in [1.807, 2.05) is 0 Å². The summed E-state index contributed by atoms with van der Waals surface area (Å²) in [7, 11) is -1.48. The Bertz CT molecular complexity index is 571. The van der Waals surface area contributed by atoms with Crippen LogP contribution < -0.4 is 0 Å². The molecule has 0 spiro atoms. The van der Waals surface area contributed by atoms with Crippen LogP contribution in [0, 0.1) is 28.6 Å². The van der Waals surface area contributed by atoms with Crippen molar-refractivity contribution in [2.24, 2.45) is 28.6 Å². The van der Waals surface area contributed by atoms with E-state index in [1.165, 1.54) is 75.9 Å². The first-order valence-electron chi connectivity index (χ1n) is 12.3. The molecule has 0 aliphatic heterocycles. The molecule has 0 aromatic carbocycles. The normalized spacial score (nSPS) is 44.3. The maximum Gasteiger partial charge on any atom is 0.192 e. The van der Waals surface area contributed by atoms with Gasteiger partial charge in [0.05, 0.1) is 0 Å². The van der Waals surface area contributed by atoms with E-state index >= 15 is 0 Å². The second-order valence-electron chi connectivity index (χ2n) is 11.1. The van der Waals surface area contributed by atoms with Crippen LogP contribution in [-0.4, -0.2) is 14.4 Å². The van der Waals surface area contributed by atoms with Gasteiger partial charge in [0.2, 0.25) is 0 Å². The molecule has 0 saturated heterocycles. The summed E-state index contributed by atoms with van der Waals surface area (Å²) in [5, 5.41) is 0. The molecule has 3 fully saturated rings. The fourth-order valence-corrected chi connectivity index (χ4v) is 11.0. The first kappa shape index (κ1) is 20.2. The number of hydrogen-bond donors (Lipinski definition) is 0. The lowest BCUT2D eigenvalue weighted by molar-refractivity contribution is -0.0347. The van der Waals surface area contributed by atoms with Crippen LogP contribution in [0.4, 0.5) is 0 Å². The van der Waals surface area contributed by atoms with Crippen LogP contribution >= 0.6 is 0 Å². The minimum atomic E-state index is -1.48. The summed E-state index contributed by atoms with van der Waals surface area (Å²) in [4.78, 5) is 0. The van der Waals surface area contributed by atoms with Crippen molar-refractivity contribution >= 4 is 8.32 Å². The molecule has 4 aliphatic carbocycles. The highest BCUT2D eigenvalue weighted by atomic mass is 28.4.